The van der Waals surface area contributed by atoms with E-state index in [-0.39, 0.29) is 0 Å². The fourth-order valence-electron chi connectivity index (χ4n) is 2.89. The molecule has 84 valence electrons. The van der Waals surface area contributed by atoms with Crippen LogP contribution in [0.5, 0.6) is 0 Å². The van der Waals surface area contributed by atoms with Gasteiger partial charge < -0.3 is 10.1 Å². The van der Waals surface area contributed by atoms with Crippen LogP contribution in [-0.2, 0) is 4.74 Å². The van der Waals surface area contributed by atoms with Crippen molar-refractivity contribution in [2.45, 2.75) is 32.6 Å². The Balaban J connectivity index is 2.44. The van der Waals surface area contributed by atoms with Gasteiger partial charge in [0.15, 0.2) is 0 Å². The fourth-order valence-corrected chi connectivity index (χ4v) is 2.89. The van der Waals surface area contributed by atoms with E-state index in [1.54, 1.807) is 0 Å². The van der Waals surface area contributed by atoms with Gasteiger partial charge in [0.1, 0.15) is 0 Å². The SMILES string of the molecule is CNCC1CCCCC1C(C)COC. The third kappa shape index (κ3) is 3.25. The maximum absolute atomic E-state index is 5.26. The third-order valence-electron chi connectivity index (χ3n) is 3.59. The molecule has 3 atom stereocenters. The predicted octanol–water partition coefficient (Wildman–Crippen LogP) is 2.29. The first-order valence-electron chi connectivity index (χ1n) is 5.93. The largest absolute Gasteiger partial charge is 0.384 e. The standard InChI is InChI=1S/C12H25NO/c1-10(9-14-3)12-7-5-4-6-11(12)8-13-2/h10-13H,4-9H2,1-3H3. The Bertz CT molecular complexity index is 147. The van der Waals surface area contributed by atoms with Gasteiger partial charge in [0.05, 0.1) is 0 Å². The van der Waals surface area contributed by atoms with Gasteiger partial charge in [-0.25, -0.2) is 0 Å². The van der Waals surface area contributed by atoms with E-state index in [9.17, 15) is 0 Å². The van der Waals surface area contributed by atoms with E-state index >= 15 is 0 Å². The van der Waals surface area contributed by atoms with Crippen molar-refractivity contribution < 1.29 is 4.74 Å². The van der Waals surface area contributed by atoms with E-state index in [2.05, 4.69) is 19.3 Å². The van der Waals surface area contributed by atoms with Gasteiger partial charge in [-0.05, 0) is 44.2 Å². The molecule has 1 aliphatic carbocycles. The van der Waals surface area contributed by atoms with Gasteiger partial charge in [-0.2, -0.15) is 0 Å². The number of ether oxygens (including phenoxy) is 1. The second-order valence-corrected chi connectivity index (χ2v) is 4.70. The molecule has 0 bridgehead atoms. The lowest BCUT2D eigenvalue weighted by Gasteiger charge is -2.35. The van der Waals surface area contributed by atoms with E-state index in [1.807, 2.05) is 7.11 Å². The quantitative estimate of drug-likeness (QED) is 0.733. The van der Waals surface area contributed by atoms with Crippen LogP contribution in [0, 0.1) is 17.8 Å². The highest BCUT2D eigenvalue weighted by molar-refractivity contribution is 4.80. The molecule has 0 aromatic carbocycles. The van der Waals surface area contributed by atoms with E-state index in [4.69, 9.17) is 4.74 Å². The first-order valence-corrected chi connectivity index (χ1v) is 5.93. The van der Waals surface area contributed by atoms with Crippen LogP contribution in [-0.4, -0.2) is 27.3 Å². The minimum atomic E-state index is 0.721. The molecule has 2 nitrogen and oxygen atoms in total. The lowest BCUT2D eigenvalue weighted by molar-refractivity contribution is 0.0842. The Labute approximate surface area is 88.4 Å². The number of rotatable bonds is 5. The second kappa shape index (κ2) is 6.41. The van der Waals surface area contributed by atoms with E-state index < -0.39 is 0 Å². The maximum Gasteiger partial charge on any atom is 0.0490 e. The molecule has 0 radical (unpaired) electrons. The Kier molecular flexibility index (Phi) is 5.49. The highest BCUT2D eigenvalue weighted by Crippen LogP contribution is 2.34. The molecule has 3 unspecified atom stereocenters. The Hall–Kier alpha value is -0.0800. The average molecular weight is 199 g/mol. The highest BCUT2D eigenvalue weighted by atomic mass is 16.5. The molecule has 0 saturated heterocycles. The van der Waals surface area contributed by atoms with Crippen LogP contribution in [0.3, 0.4) is 0 Å². The molecule has 1 fully saturated rings. The smallest absolute Gasteiger partial charge is 0.0490 e. The van der Waals surface area contributed by atoms with Crippen molar-refractivity contribution in [2.75, 3.05) is 27.3 Å². The summed E-state index contributed by atoms with van der Waals surface area (Å²) < 4.78 is 5.26. The maximum atomic E-state index is 5.26. The summed E-state index contributed by atoms with van der Waals surface area (Å²) in [7, 11) is 3.87. The van der Waals surface area contributed by atoms with Crippen molar-refractivity contribution in [3.63, 3.8) is 0 Å². The van der Waals surface area contributed by atoms with Crippen LogP contribution in [0.25, 0.3) is 0 Å². The van der Waals surface area contributed by atoms with Crippen molar-refractivity contribution in [3.8, 4) is 0 Å². The zero-order chi connectivity index (χ0) is 10.4. The van der Waals surface area contributed by atoms with Gasteiger partial charge in [0.2, 0.25) is 0 Å². The van der Waals surface area contributed by atoms with Crippen molar-refractivity contribution in [1.29, 1.82) is 0 Å². The second-order valence-electron chi connectivity index (χ2n) is 4.70. The summed E-state index contributed by atoms with van der Waals surface area (Å²) in [6.45, 7) is 4.44. The number of nitrogens with one attached hydrogen (secondary N) is 1. The summed E-state index contributed by atoms with van der Waals surface area (Å²) in [6.07, 6.45) is 5.64. The van der Waals surface area contributed by atoms with Crippen molar-refractivity contribution in [1.82, 2.24) is 5.32 Å². The normalized spacial score (nSPS) is 30.2. The van der Waals surface area contributed by atoms with Crippen LogP contribution in [0.15, 0.2) is 0 Å². The molecule has 1 aliphatic rings. The molecule has 0 aromatic heterocycles. The molecular weight excluding hydrogens is 174 g/mol. The Morgan fingerprint density at radius 1 is 1.36 bits per heavy atom. The lowest BCUT2D eigenvalue weighted by atomic mass is 9.73. The van der Waals surface area contributed by atoms with Gasteiger partial charge in [-0.15, -0.1) is 0 Å². The van der Waals surface area contributed by atoms with Crippen LogP contribution >= 0.6 is 0 Å². The summed E-state index contributed by atoms with van der Waals surface area (Å²) in [5.41, 5.74) is 0. The van der Waals surface area contributed by atoms with E-state index in [0.717, 1.165) is 24.4 Å². The summed E-state index contributed by atoms with van der Waals surface area (Å²) in [5.74, 6) is 2.47. The summed E-state index contributed by atoms with van der Waals surface area (Å²) >= 11 is 0. The molecule has 14 heavy (non-hydrogen) atoms. The molecule has 2 heteroatoms. The minimum Gasteiger partial charge on any atom is -0.384 e. The predicted molar refractivity (Wildman–Crippen MR) is 60.4 cm³/mol. The van der Waals surface area contributed by atoms with Gasteiger partial charge >= 0.3 is 0 Å². The third-order valence-corrected chi connectivity index (χ3v) is 3.59. The molecule has 1 N–H and O–H groups in total. The van der Waals surface area contributed by atoms with E-state index in [1.165, 1.54) is 32.2 Å². The van der Waals surface area contributed by atoms with Gasteiger partial charge in [-0.3, -0.25) is 0 Å². The molecule has 0 aromatic rings. The van der Waals surface area contributed by atoms with Crippen molar-refractivity contribution in [2.24, 2.45) is 17.8 Å². The molecule has 0 amide bonds. The van der Waals surface area contributed by atoms with Gasteiger partial charge in [0.25, 0.3) is 0 Å². The minimum absolute atomic E-state index is 0.721. The highest BCUT2D eigenvalue weighted by Gasteiger charge is 2.28. The summed E-state index contributed by atoms with van der Waals surface area (Å²) in [6, 6.07) is 0. The summed E-state index contributed by atoms with van der Waals surface area (Å²) in [5, 5.41) is 3.32. The van der Waals surface area contributed by atoms with Crippen LogP contribution in [0.1, 0.15) is 32.6 Å². The molecule has 1 saturated carbocycles. The fraction of sp³-hybridized carbons (Fsp3) is 1.00. The number of hydrogen-bond donors (Lipinski definition) is 1. The lowest BCUT2D eigenvalue weighted by Crippen LogP contribution is -2.33. The van der Waals surface area contributed by atoms with Crippen molar-refractivity contribution >= 4 is 0 Å². The molecular formula is C12H25NO. The van der Waals surface area contributed by atoms with Gasteiger partial charge in [-0.1, -0.05) is 19.8 Å². The Morgan fingerprint density at radius 2 is 2.07 bits per heavy atom. The topological polar surface area (TPSA) is 21.3 Å². The molecule has 0 spiro atoms. The van der Waals surface area contributed by atoms with Gasteiger partial charge in [0, 0.05) is 13.7 Å². The molecule has 0 aliphatic heterocycles. The van der Waals surface area contributed by atoms with Crippen LogP contribution in [0.4, 0.5) is 0 Å². The number of methoxy groups -OCH3 is 1. The van der Waals surface area contributed by atoms with Crippen molar-refractivity contribution in [3.05, 3.63) is 0 Å². The first-order chi connectivity index (χ1) is 6.79. The van der Waals surface area contributed by atoms with Crippen LogP contribution in [0.2, 0.25) is 0 Å². The van der Waals surface area contributed by atoms with Crippen LogP contribution < -0.4 is 5.32 Å². The first kappa shape index (κ1) is 12.0. The zero-order valence-electron chi connectivity index (χ0n) is 9.88. The number of hydrogen-bond acceptors (Lipinski definition) is 2. The average Bonchev–Trinajstić information content (AvgIpc) is 2.19. The Morgan fingerprint density at radius 3 is 2.71 bits per heavy atom. The van der Waals surface area contributed by atoms with E-state index in [0.29, 0.717) is 0 Å². The molecule has 0 heterocycles. The molecule has 1 rings (SSSR count). The monoisotopic (exact) mass is 199 g/mol. The zero-order valence-corrected chi connectivity index (χ0v) is 9.88. The summed E-state index contributed by atoms with van der Waals surface area (Å²) in [4.78, 5) is 0.